The Morgan fingerprint density at radius 1 is 1.21 bits per heavy atom. The number of hydrogen-bond donors (Lipinski definition) is 1. The average Bonchev–Trinajstić information content (AvgIpc) is 2.62. The minimum absolute atomic E-state index is 0.596. The molecule has 19 heavy (non-hydrogen) atoms. The fourth-order valence-corrected chi connectivity index (χ4v) is 3.06. The second-order valence-electron chi connectivity index (χ2n) is 5.90. The smallest absolute Gasteiger partial charge is 0.0437 e. The van der Waals surface area contributed by atoms with Gasteiger partial charge in [-0.05, 0) is 43.4 Å². The first-order chi connectivity index (χ1) is 9.24. The van der Waals surface area contributed by atoms with Crippen LogP contribution in [0.4, 0.5) is 5.69 Å². The molecule has 1 unspecified atom stereocenters. The molecule has 1 aromatic carbocycles. The van der Waals surface area contributed by atoms with Crippen LogP contribution in [-0.4, -0.2) is 25.7 Å². The molecule has 0 aliphatic carbocycles. The number of rotatable bonds is 5. The average molecular weight is 260 g/mol. The van der Waals surface area contributed by atoms with E-state index in [0.29, 0.717) is 12.0 Å². The highest BCUT2D eigenvalue weighted by atomic mass is 15.2. The Morgan fingerprint density at radius 3 is 2.74 bits per heavy atom. The van der Waals surface area contributed by atoms with Crippen molar-refractivity contribution in [2.24, 2.45) is 5.92 Å². The number of likely N-dealkylation sites (N-methyl/N-ethyl adjacent to an activating group) is 1. The van der Waals surface area contributed by atoms with Gasteiger partial charge in [-0.1, -0.05) is 39.0 Å². The van der Waals surface area contributed by atoms with Crippen LogP contribution in [0.1, 0.15) is 39.2 Å². The van der Waals surface area contributed by atoms with Crippen molar-refractivity contribution in [3.63, 3.8) is 0 Å². The van der Waals surface area contributed by atoms with Gasteiger partial charge in [0.25, 0.3) is 0 Å². The highest BCUT2D eigenvalue weighted by Gasteiger charge is 2.24. The van der Waals surface area contributed by atoms with Crippen LogP contribution in [0, 0.1) is 5.92 Å². The Hall–Kier alpha value is -1.02. The molecule has 0 saturated heterocycles. The van der Waals surface area contributed by atoms with Crippen LogP contribution < -0.4 is 10.2 Å². The second kappa shape index (κ2) is 6.95. The summed E-state index contributed by atoms with van der Waals surface area (Å²) < 4.78 is 0. The van der Waals surface area contributed by atoms with Crippen molar-refractivity contribution in [1.29, 1.82) is 0 Å². The molecule has 0 radical (unpaired) electrons. The summed E-state index contributed by atoms with van der Waals surface area (Å²) in [7, 11) is 0. The van der Waals surface area contributed by atoms with Crippen molar-refractivity contribution < 1.29 is 0 Å². The highest BCUT2D eigenvalue weighted by Crippen LogP contribution is 2.29. The van der Waals surface area contributed by atoms with Crippen molar-refractivity contribution in [3.8, 4) is 0 Å². The standard InChI is InChI=1S/C17H28N2/c1-4-18-13-17(14(2)3)19-12-8-7-10-15-9-5-6-11-16(15)19/h5-6,9,11,14,17-18H,4,7-8,10,12-13H2,1-3H3. The molecule has 2 nitrogen and oxygen atoms in total. The quantitative estimate of drug-likeness (QED) is 0.872. The van der Waals surface area contributed by atoms with Crippen LogP contribution in [-0.2, 0) is 6.42 Å². The maximum absolute atomic E-state index is 3.54. The molecule has 0 aromatic heterocycles. The van der Waals surface area contributed by atoms with Gasteiger partial charge in [-0.15, -0.1) is 0 Å². The summed E-state index contributed by atoms with van der Waals surface area (Å²) in [5.74, 6) is 0.671. The SMILES string of the molecule is CCNCC(C(C)C)N1CCCCc2ccccc21. The first kappa shape index (κ1) is 14.4. The summed E-state index contributed by atoms with van der Waals surface area (Å²) in [6.07, 6.45) is 3.86. The molecule has 2 rings (SSSR count). The van der Waals surface area contributed by atoms with E-state index >= 15 is 0 Å². The lowest BCUT2D eigenvalue weighted by Crippen LogP contribution is -2.46. The van der Waals surface area contributed by atoms with Gasteiger partial charge in [0.1, 0.15) is 0 Å². The molecule has 0 fully saturated rings. The summed E-state index contributed by atoms with van der Waals surface area (Å²) in [5.41, 5.74) is 3.00. The zero-order chi connectivity index (χ0) is 13.7. The lowest BCUT2D eigenvalue weighted by Gasteiger charge is -2.36. The fourth-order valence-electron chi connectivity index (χ4n) is 3.06. The van der Waals surface area contributed by atoms with Crippen LogP contribution in [0.15, 0.2) is 24.3 Å². The van der Waals surface area contributed by atoms with E-state index in [1.54, 1.807) is 0 Å². The molecule has 1 aromatic rings. The van der Waals surface area contributed by atoms with Crippen LogP contribution >= 0.6 is 0 Å². The molecule has 0 saturated carbocycles. The molecule has 0 spiro atoms. The number of aryl methyl sites for hydroxylation is 1. The van der Waals surface area contributed by atoms with E-state index in [4.69, 9.17) is 0 Å². The third-order valence-corrected chi connectivity index (χ3v) is 4.17. The summed E-state index contributed by atoms with van der Waals surface area (Å²) >= 11 is 0. The summed E-state index contributed by atoms with van der Waals surface area (Å²) in [5, 5.41) is 3.54. The molecule has 0 amide bonds. The van der Waals surface area contributed by atoms with Crippen molar-refractivity contribution in [2.75, 3.05) is 24.5 Å². The highest BCUT2D eigenvalue weighted by molar-refractivity contribution is 5.55. The summed E-state index contributed by atoms with van der Waals surface area (Å²) in [6, 6.07) is 9.57. The molecule has 1 aliphatic rings. The third kappa shape index (κ3) is 3.50. The molecule has 2 heteroatoms. The lowest BCUT2D eigenvalue weighted by atomic mass is 10.0. The summed E-state index contributed by atoms with van der Waals surface area (Å²) in [6.45, 7) is 10.2. The van der Waals surface area contributed by atoms with Crippen LogP contribution in [0.5, 0.6) is 0 Å². The first-order valence-corrected chi connectivity index (χ1v) is 7.79. The van der Waals surface area contributed by atoms with Crippen LogP contribution in [0.2, 0.25) is 0 Å². The number of para-hydroxylation sites is 1. The van der Waals surface area contributed by atoms with Gasteiger partial charge in [-0.2, -0.15) is 0 Å². The number of nitrogens with zero attached hydrogens (tertiary/aromatic N) is 1. The maximum Gasteiger partial charge on any atom is 0.0437 e. The Bertz CT molecular complexity index is 387. The lowest BCUT2D eigenvalue weighted by molar-refractivity contribution is 0.428. The number of hydrogen-bond acceptors (Lipinski definition) is 2. The number of nitrogens with one attached hydrogen (secondary N) is 1. The Kier molecular flexibility index (Phi) is 5.26. The van der Waals surface area contributed by atoms with Gasteiger partial charge in [0.15, 0.2) is 0 Å². The third-order valence-electron chi connectivity index (χ3n) is 4.17. The Morgan fingerprint density at radius 2 is 2.00 bits per heavy atom. The topological polar surface area (TPSA) is 15.3 Å². The predicted molar refractivity (Wildman–Crippen MR) is 83.9 cm³/mol. The van der Waals surface area contributed by atoms with E-state index in [2.05, 4.69) is 55.3 Å². The zero-order valence-corrected chi connectivity index (χ0v) is 12.7. The fraction of sp³-hybridized carbons (Fsp3) is 0.647. The minimum atomic E-state index is 0.596. The van der Waals surface area contributed by atoms with E-state index in [-0.39, 0.29) is 0 Å². The van der Waals surface area contributed by atoms with Gasteiger partial charge < -0.3 is 10.2 Å². The Labute approximate surface area is 118 Å². The molecular weight excluding hydrogens is 232 g/mol. The molecule has 1 atom stereocenters. The van der Waals surface area contributed by atoms with E-state index in [0.717, 1.165) is 13.1 Å². The number of benzene rings is 1. The largest absolute Gasteiger partial charge is 0.367 e. The van der Waals surface area contributed by atoms with E-state index in [1.165, 1.54) is 37.1 Å². The van der Waals surface area contributed by atoms with E-state index in [9.17, 15) is 0 Å². The van der Waals surface area contributed by atoms with Crippen molar-refractivity contribution in [1.82, 2.24) is 5.32 Å². The van der Waals surface area contributed by atoms with Gasteiger partial charge >= 0.3 is 0 Å². The number of fused-ring (bicyclic) bond motifs is 1. The molecule has 1 heterocycles. The Balaban J connectivity index is 2.25. The predicted octanol–water partition coefficient (Wildman–Crippen LogP) is 3.46. The zero-order valence-electron chi connectivity index (χ0n) is 12.7. The van der Waals surface area contributed by atoms with Crippen LogP contribution in [0.25, 0.3) is 0 Å². The summed E-state index contributed by atoms with van der Waals surface area (Å²) in [4.78, 5) is 2.65. The van der Waals surface area contributed by atoms with Gasteiger partial charge in [0, 0.05) is 24.8 Å². The van der Waals surface area contributed by atoms with Crippen molar-refractivity contribution in [3.05, 3.63) is 29.8 Å². The van der Waals surface area contributed by atoms with Gasteiger partial charge in [-0.3, -0.25) is 0 Å². The maximum atomic E-state index is 3.54. The molecule has 1 aliphatic heterocycles. The van der Waals surface area contributed by atoms with E-state index in [1.807, 2.05) is 0 Å². The monoisotopic (exact) mass is 260 g/mol. The van der Waals surface area contributed by atoms with Gasteiger partial charge in [-0.25, -0.2) is 0 Å². The molecular formula is C17H28N2. The molecule has 1 N–H and O–H groups in total. The second-order valence-corrected chi connectivity index (χ2v) is 5.90. The molecule has 0 bridgehead atoms. The molecule has 106 valence electrons. The van der Waals surface area contributed by atoms with Crippen molar-refractivity contribution in [2.45, 2.75) is 46.1 Å². The van der Waals surface area contributed by atoms with E-state index < -0.39 is 0 Å². The number of anilines is 1. The first-order valence-electron chi connectivity index (χ1n) is 7.79. The normalized spacial score (nSPS) is 17.2. The minimum Gasteiger partial charge on any atom is -0.367 e. The van der Waals surface area contributed by atoms with Crippen molar-refractivity contribution >= 4 is 5.69 Å². The van der Waals surface area contributed by atoms with Gasteiger partial charge in [0.2, 0.25) is 0 Å². The van der Waals surface area contributed by atoms with Crippen LogP contribution in [0.3, 0.4) is 0 Å². The van der Waals surface area contributed by atoms with Gasteiger partial charge in [0.05, 0.1) is 0 Å².